The van der Waals surface area contributed by atoms with E-state index in [1.54, 1.807) is 0 Å². The Hall–Kier alpha value is -0.520. The van der Waals surface area contributed by atoms with Crippen LogP contribution in [0.1, 0.15) is 16.1 Å². The predicted molar refractivity (Wildman–Crippen MR) is 48.8 cm³/mol. The highest BCUT2D eigenvalue weighted by molar-refractivity contribution is 8.13. The SMILES string of the molecule is Cc1c(S(=O)(=O)Cl)c[nH]c1C(=O)Cl. The second-order valence-corrected chi connectivity index (χ2v) is 5.24. The molecule has 72 valence electrons. The summed E-state index contributed by atoms with van der Waals surface area (Å²) in [6, 6.07) is 0. The Labute approximate surface area is 84.3 Å². The Morgan fingerprint density at radius 2 is 2.08 bits per heavy atom. The van der Waals surface area contributed by atoms with Crippen LogP contribution in [-0.4, -0.2) is 18.6 Å². The van der Waals surface area contributed by atoms with E-state index in [4.69, 9.17) is 22.3 Å². The molecule has 0 unspecified atom stereocenters. The minimum absolute atomic E-state index is 0.0425. The number of hydrogen-bond donors (Lipinski definition) is 1. The molecule has 0 aliphatic heterocycles. The maximum Gasteiger partial charge on any atom is 0.268 e. The topological polar surface area (TPSA) is 67.0 Å². The van der Waals surface area contributed by atoms with Gasteiger partial charge in [0.2, 0.25) is 0 Å². The Bertz CT molecular complexity index is 448. The van der Waals surface area contributed by atoms with Crippen LogP contribution in [0.5, 0.6) is 0 Å². The van der Waals surface area contributed by atoms with E-state index in [9.17, 15) is 13.2 Å². The zero-order chi connectivity index (χ0) is 10.2. The number of carbonyl (C=O) groups is 1. The normalized spacial score (nSPS) is 11.6. The minimum atomic E-state index is -3.82. The van der Waals surface area contributed by atoms with Gasteiger partial charge in [-0.15, -0.1) is 0 Å². The summed E-state index contributed by atoms with van der Waals surface area (Å²) in [4.78, 5) is 13.0. The molecule has 0 saturated heterocycles. The maximum absolute atomic E-state index is 10.9. The van der Waals surface area contributed by atoms with Crippen LogP contribution in [0.25, 0.3) is 0 Å². The molecule has 7 heteroatoms. The van der Waals surface area contributed by atoms with Gasteiger partial charge in [0.05, 0.1) is 0 Å². The maximum atomic E-state index is 10.9. The number of nitrogens with one attached hydrogen (secondary N) is 1. The average molecular weight is 242 g/mol. The van der Waals surface area contributed by atoms with Crippen molar-refractivity contribution in [1.82, 2.24) is 4.98 Å². The lowest BCUT2D eigenvalue weighted by molar-refractivity contribution is 0.107. The molecule has 0 spiro atoms. The molecule has 1 heterocycles. The Balaban J connectivity index is 3.39. The van der Waals surface area contributed by atoms with Gasteiger partial charge < -0.3 is 4.98 Å². The lowest BCUT2D eigenvalue weighted by Crippen LogP contribution is -1.94. The second-order valence-electron chi connectivity index (χ2n) is 2.36. The molecule has 1 N–H and O–H groups in total. The van der Waals surface area contributed by atoms with Crippen LogP contribution in [0.2, 0.25) is 0 Å². The highest BCUT2D eigenvalue weighted by Crippen LogP contribution is 2.22. The fourth-order valence-corrected chi connectivity index (χ4v) is 2.28. The molecule has 1 rings (SSSR count). The average Bonchev–Trinajstić information content (AvgIpc) is 2.28. The first kappa shape index (κ1) is 10.6. The third-order valence-corrected chi connectivity index (χ3v) is 3.19. The molecule has 0 saturated carbocycles. The first-order chi connectivity index (χ1) is 5.84. The summed E-state index contributed by atoms with van der Waals surface area (Å²) in [5.41, 5.74) is 0.274. The summed E-state index contributed by atoms with van der Waals surface area (Å²) < 4.78 is 21.8. The van der Waals surface area contributed by atoms with E-state index in [2.05, 4.69) is 4.98 Å². The van der Waals surface area contributed by atoms with Crippen molar-refractivity contribution in [1.29, 1.82) is 0 Å². The zero-order valence-electron chi connectivity index (χ0n) is 6.47. The van der Waals surface area contributed by atoms with Crippen LogP contribution in [0, 0.1) is 6.92 Å². The third-order valence-electron chi connectivity index (χ3n) is 1.55. The van der Waals surface area contributed by atoms with Gasteiger partial charge >= 0.3 is 0 Å². The summed E-state index contributed by atoms with van der Waals surface area (Å²) in [6.07, 6.45) is 1.13. The molecule has 4 nitrogen and oxygen atoms in total. The molecular weight excluding hydrogens is 237 g/mol. The largest absolute Gasteiger partial charge is 0.356 e. The zero-order valence-corrected chi connectivity index (χ0v) is 8.79. The monoisotopic (exact) mass is 241 g/mol. The van der Waals surface area contributed by atoms with E-state index in [1.165, 1.54) is 6.92 Å². The summed E-state index contributed by atoms with van der Waals surface area (Å²) in [6.45, 7) is 1.45. The van der Waals surface area contributed by atoms with E-state index < -0.39 is 14.3 Å². The molecule has 0 aliphatic carbocycles. The van der Waals surface area contributed by atoms with E-state index in [0.717, 1.165) is 6.20 Å². The van der Waals surface area contributed by atoms with Crippen molar-refractivity contribution >= 4 is 36.6 Å². The van der Waals surface area contributed by atoms with E-state index in [-0.39, 0.29) is 16.2 Å². The molecule has 0 bridgehead atoms. The van der Waals surface area contributed by atoms with Crippen molar-refractivity contribution in [3.05, 3.63) is 17.5 Å². The van der Waals surface area contributed by atoms with E-state index >= 15 is 0 Å². The van der Waals surface area contributed by atoms with E-state index in [1.807, 2.05) is 0 Å². The quantitative estimate of drug-likeness (QED) is 0.801. The smallest absolute Gasteiger partial charge is 0.268 e. The van der Waals surface area contributed by atoms with Crippen molar-refractivity contribution in [3.63, 3.8) is 0 Å². The number of aromatic amines is 1. The van der Waals surface area contributed by atoms with Gasteiger partial charge in [0.25, 0.3) is 14.3 Å². The number of rotatable bonds is 2. The fraction of sp³-hybridized carbons (Fsp3) is 0.167. The van der Waals surface area contributed by atoms with Crippen molar-refractivity contribution in [2.24, 2.45) is 0 Å². The second kappa shape index (κ2) is 3.32. The van der Waals surface area contributed by atoms with Gasteiger partial charge in [-0.2, -0.15) is 0 Å². The van der Waals surface area contributed by atoms with Crippen molar-refractivity contribution in [2.45, 2.75) is 11.8 Å². The molecule has 1 aromatic rings. The van der Waals surface area contributed by atoms with Gasteiger partial charge in [-0.05, 0) is 24.1 Å². The lowest BCUT2D eigenvalue weighted by atomic mass is 10.3. The van der Waals surface area contributed by atoms with Gasteiger partial charge in [0.15, 0.2) is 0 Å². The molecule has 0 amide bonds. The van der Waals surface area contributed by atoms with Gasteiger partial charge in [0, 0.05) is 16.9 Å². The third kappa shape index (κ3) is 2.04. The molecular formula is C6H5Cl2NO3S. The van der Waals surface area contributed by atoms with Crippen LogP contribution in [-0.2, 0) is 9.05 Å². The fourth-order valence-electron chi connectivity index (χ4n) is 0.935. The number of hydrogen-bond acceptors (Lipinski definition) is 3. The predicted octanol–water partition coefficient (Wildman–Crippen LogP) is 1.63. The van der Waals surface area contributed by atoms with Gasteiger partial charge in [-0.1, -0.05) is 0 Å². The Morgan fingerprint density at radius 1 is 1.54 bits per heavy atom. The van der Waals surface area contributed by atoms with Crippen LogP contribution in [0.15, 0.2) is 11.1 Å². The molecule has 0 atom stereocenters. The molecule has 0 aliphatic rings. The summed E-state index contributed by atoms with van der Waals surface area (Å²) >= 11 is 5.16. The van der Waals surface area contributed by atoms with Crippen LogP contribution < -0.4 is 0 Å². The van der Waals surface area contributed by atoms with Gasteiger partial charge in [-0.25, -0.2) is 8.42 Å². The van der Waals surface area contributed by atoms with Crippen molar-refractivity contribution < 1.29 is 13.2 Å². The van der Waals surface area contributed by atoms with Crippen molar-refractivity contribution in [2.75, 3.05) is 0 Å². The molecule has 0 fully saturated rings. The summed E-state index contributed by atoms with van der Waals surface area (Å²) in [5.74, 6) is 0. The summed E-state index contributed by atoms with van der Waals surface area (Å²) in [5, 5.41) is -0.746. The minimum Gasteiger partial charge on any atom is -0.356 e. The molecule has 0 radical (unpaired) electrons. The van der Waals surface area contributed by atoms with E-state index in [0.29, 0.717) is 0 Å². The number of halogens is 2. The number of carbonyl (C=O) groups excluding carboxylic acids is 1. The molecule has 13 heavy (non-hydrogen) atoms. The highest BCUT2D eigenvalue weighted by Gasteiger charge is 2.20. The van der Waals surface area contributed by atoms with Crippen LogP contribution in [0.3, 0.4) is 0 Å². The highest BCUT2D eigenvalue weighted by atomic mass is 35.7. The molecule has 0 aromatic carbocycles. The van der Waals surface area contributed by atoms with Crippen LogP contribution in [0.4, 0.5) is 0 Å². The Morgan fingerprint density at radius 3 is 2.31 bits per heavy atom. The molecule has 1 aromatic heterocycles. The Kier molecular flexibility index (Phi) is 2.70. The van der Waals surface area contributed by atoms with Gasteiger partial charge in [-0.3, -0.25) is 4.79 Å². The van der Waals surface area contributed by atoms with Crippen molar-refractivity contribution in [3.8, 4) is 0 Å². The first-order valence-electron chi connectivity index (χ1n) is 3.16. The number of aromatic nitrogens is 1. The standard InChI is InChI=1S/C6H5Cl2NO3S/c1-3-4(13(8,11)12)2-9-5(3)6(7)10/h2,9H,1H3. The lowest BCUT2D eigenvalue weighted by Gasteiger charge is -1.93. The van der Waals surface area contributed by atoms with Crippen LogP contribution >= 0.6 is 22.3 Å². The number of H-pyrrole nitrogens is 1. The summed E-state index contributed by atoms with van der Waals surface area (Å²) in [7, 11) is 1.26. The first-order valence-corrected chi connectivity index (χ1v) is 5.85. The van der Waals surface area contributed by atoms with Gasteiger partial charge in [0.1, 0.15) is 10.6 Å².